The first-order chi connectivity index (χ1) is 14.5. The quantitative estimate of drug-likeness (QED) is 0.655. The van der Waals surface area contributed by atoms with Gasteiger partial charge in [-0.3, -0.25) is 19.3 Å². The first-order valence-electron chi connectivity index (χ1n) is 10.9. The normalized spacial score (nSPS) is 27.4. The summed E-state index contributed by atoms with van der Waals surface area (Å²) < 4.78 is 0. The molecule has 2 bridgehead atoms. The summed E-state index contributed by atoms with van der Waals surface area (Å²) in [7, 11) is 0. The minimum Gasteiger partial charge on any atom is -0.508 e. The minimum absolute atomic E-state index is 0.0189. The zero-order valence-corrected chi connectivity index (χ0v) is 17.4. The third kappa shape index (κ3) is 4.01. The van der Waals surface area contributed by atoms with E-state index in [9.17, 15) is 19.5 Å². The highest BCUT2D eigenvalue weighted by Gasteiger charge is 2.41. The van der Waals surface area contributed by atoms with Gasteiger partial charge in [-0.1, -0.05) is 12.1 Å². The van der Waals surface area contributed by atoms with Crippen molar-refractivity contribution in [3.05, 3.63) is 29.3 Å². The molecule has 3 amide bonds. The topological polar surface area (TPSA) is 102 Å². The summed E-state index contributed by atoms with van der Waals surface area (Å²) in [6.07, 6.45) is 3.39. The molecule has 0 saturated carbocycles. The molecule has 162 valence electrons. The molecule has 0 aliphatic carbocycles. The van der Waals surface area contributed by atoms with Crippen LogP contribution in [0.3, 0.4) is 0 Å². The van der Waals surface area contributed by atoms with Crippen LogP contribution in [-0.4, -0.2) is 70.4 Å². The molecule has 1 unspecified atom stereocenters. The summed E-state index contributed by atoms with van der Waals surface area (Å²) in [6, 6.07) is 3.76. The van der Waals surface area contributed by atoms with Gasteiger partial charge in [-0.2, -0.15) is 0 Å². The molecule has 8 nitrogen and oxygen atoms in total. The Balaban J connectivity index is 1.71. The van der Waals surface area contributed by atoms with Gasteiger partial charge in [0.05, 0.1) is 6.04 Å². The highest BCUT2D eigenvalue weighted by Crippen LogP contribution is 2.29. The Hall–Kier alpha value is -2.61. The second kappa shape index (κ2) is 8.63. The van der Waals surface area contributed by atoms with Crippen molar-refractivity contribution in [2.24, 2.45) is 0 Å². The van der Waals surface area contributed by atoms with Crippen molar-refractivity contribution in [2.75, 3.05) is 19.6 Å². The Morgan fingerprint density at radius 3 is 2.77 bits per heavy atom. The Morgan fingerprint density at radius 1 is 1.20 bits per heavy atom. The van der Waals surface area contributed by atoms with Crippen molar-refractivity contribution >= 4 is 17.7 Å². The van der Waals surface area contributed by atoms with E-state index in [0.29, 0.717) is 32.5 Å². The van der Waals surface area contributed by atoms with E-state index in [2.05, 4.69) is 15.5 Å². The lowest BCUT2D eigenvalue weighted by atomic mass is 10.0. The van der Waals surface area contributed by atoms with Crippen LogP contribution in [-0.2, 0) is 27.3 Å². The molecule has 3 heterocycles. The fourth-order valence-corrected chi connectivity index (χ4v) is 4.91. The lowest BCUT2D eigenvalue weighted by Crippen LogP contribution is -2.55. The average Bonchev–Trinajstić information content (AvgIpc) is 3.38. The lowest BCUT2D eigenvalue weighted by molar-refractivity contribution is -0.142. The third-order valence-corrected chi connectivity index (χ3v) is 6.43. The highest BCUT2D eigenvalue weighted by atomic mass is 16.3. The first-order valence-corrected chi connectivity index (χ1v) is 10.9. The van der Waals surface area contributed by atoms with Crippen LogP contribution < -0.4 is 10.6 Å². The number of phenols is 1. The number of carbonyl (C=O) groups is 3. The van der Waals surface area contributed by atoms with Gasteiger partial charge in [-0.15, -0.1) is 0 Å². The van der Waals surface area contributed by atoms with Crippen molar-refractivity contribution in [1.82, 2.24) is 20.4 Å². The van der Waals surface area contributed by atoms with Crippen molar-refractivity contribution < 1.29 is 19.5 Å². The predicted molar refractivity (Wildman–Crippen MR) is 111 cm³/mol. The van der Waals surface area contributed by atoms with E-state index in [1.165, 1.54) is 0 Å². The van der Waals surface area contributed by atoms with Crippen molar-refractivity contribution in [1.29, 1.82) is 0 Å². The maximum atomic E-state index is 13.3. The van der Waals surface area contributed by atoms with Crippen LogP contribution in [0.5, 0.6) is 5.75 Å². The molecule has 30 heavy (non-hydrogen) atoms. The summed E-state index contributed by atoms with van der Waals surface area (Å²) in [5.74, 6) is -0.342. The third-order valence-electron chi connectivity index (χ3n) is 6.43. The first kappa shape index (κ1) is 20.7. The molecule has 3 aliphatic heterocycles. The lowest BCUT2D eigenvalue weighted by Gasteiger charge is -2.31. The molecule has 2 fully saturated rings. The summed E-state index contributed by atoms with van der Waals surface area (Å²) >= 11 is 0. The average molecular weight is 415 g/mol. The number of nitrogens with zero attached hydrogens (tertiary/aromatic N) is 2. The summed E-state index contributed by atoms with van der Waals surface area (Å²) in [4.78, 5) is 42.9. The zero-order chi connectivity index (χ0) is 21.3. The number of aromatic hydroxyl groups is 1. The SMILES string of the molecule is CCNC(=O)C1Cc2ccc(O)c(c2)CN2CCC[C@H]2C(=O)N2CCC[C@H]2C(=O)N1. The maximum Gasteiger partial charge on any atom is 0.243 e. The fourth-order valence-electron chi connectivity index (χ4n) is 4.91. The van der Waals surface area contributed by atoms with Gasteiger partial charge in [-0.25, -0.2) is 0 Å². The number of benzene rings is 1. The Bertz CT molecular complexity index is 842. The van der Waals surface area contributed by atoms with Crippen LogP contribution in [0.15, 0.2) is 18.2 Å². The zero-order valence-electron chi connectivity index (χ0n) is 17.4. The fraction of sp³-hybridized carbons (Fsp3) is 0.591. The van der Waals surface area contributed by atoms with E-state index < -0.39 is 12.1 Å². The number of rotatable bonds is 2. The monoisotopic (exact) mass is 414 g/mol. The van der Waals surface area contributed by atoms with E-state index in [1.54, 1.807) is 17.0 Å². The van der Waals surface area contributed by atoms with Gasteiger partial charge in [0.15, 0.2) is 0 Å². The minimum atomic E-state index is -0.729. The number of hydrogen-bond acceptors (Lipinski definition) is 5. The molecule has 0 radical (unpaired) electrons. The summed E-state index contributed by atoms with van der Waals surface area (Å²) in [5.41, 5.74) is 1.61. The number of nitrogens with one attached hydrogen (secondary N) is 2. The number of amides is 3. The van der Waals surface area contributed by atoms with Crippen LogP contribution in [0, 0.1) is 0 Å². The second-order valence-corrected chi connectivity index (χ2v) is 8.44. The van der Waals surface area contributed by atoms with Crippen LogP contribution in [0.25, 0.3) is 0 Å². The molecule has 0 aromatic heterocycles. The molecule has 1 aromatic rings. The molecule has 1 aromatic carbocycles. The van der Waals surface area contributed by atoms with Crippen LogP contribution in [0.4, 0.5) is 0 Å². The van der Waals surface area contributed by atoms with Gasteiger partial charge >= 0.3 is 0 Å². The predicted octanol–water partition coefficient (Wildman–Crippen LogP) is 0.525. The molecule has 2 saturated heterocycles. The molecule has 3 aliphatic rings. The molecule has 4 rings (SSSR count). The van der Waals surface area contributed by atoms with E-state index in [-0.39, 0.29) is 29.5 Å². The summed E-state index contributed by atoms with van der Waals surface area (Å²) in [5, 5.41) is 16.1. The molecule has 8 heteroatoms. The van der Waals surface area contributed by atoms with Gasteiger partial charge in [-0.05, 0) is 50.8 Å². The van der Waals surface area contributed by atoms with Crippen molar-refractivity contribution in [3.63, 3.8) is 0 Å². The number of fused-ring (bicyclic) bond motifs is 4. The number of hydrogen-bond donors (Lipinski definition) is 3. The largest absolute Gasteiger partial charge is 0.508 e. The smallest absolute Gasteiger partial charge is 0.243 e. The van der Waals surface area contributed by atoms with Crippen LogP contribution in [0.2, 0.25) is 0 Å². The second-order valence-electron chi connectivity index (χ2n) is 8.44. The standard InChI is InChI=1S/C22H30N4O4/c1-2-23-20(28)16-12-14-7-8-19(27)15(11-14)13-25-9-3-6-18(25)22(30)26-10-4-5-17(26)21(29)24-16/h7-8,11,16-18,27H,2-6,9-10,12-13H2,1H3,(H,23,28)(H,24,29)/t16?,17-,18-/m0/s1. The van der Waals surface area contributed by atoms with Crippen LogP contribution >= 0.6 is 0 Å². The van der Waals surface area contributed by atoms with Crippen molar-refractivity contribution in [3.8, 4) is 5.75 Å². The Kier molecular flexibility index (Phi) is 5.94. The van der Waals surface area contributed by atoms with Crippen molar-refractivity contribution in [2.45, 2.75) is 63.7 Å². The number of phenolic OH excluding ortho intramolecular Hbond substituents is 1. The molecule has 0 spiro atoms. The van der Waals surface area contributed by atoms with E-state index in [4.69, 9.17) is 0 Å². The van der Waals surface area contributed by atoms with Gasteiger partial charge in [0, 0.05) is 31.6 Å². The highest BCUT2D eigenvalue weighted by molar-refractivity contribution is 5.93. The van der Waals surface area contributed by atoms with Gasteiger partial charge in [0.2, 0.25) is 17.7 Å². The molecule has 3 atom stereocenters. The van der Waals surface area contributed by atoms with Gasteiger partial charge < -0.3 is 20.6 Å². The van der Waals surface area contributed by atoms with Gasteiger partial charge in [0.1, 0.15) is 17.8 Å². The molecule has 3 N–H and O–H groups in total. The van der Waals surface area contributed by atoms with Gasteiger partial charge in [0.25, 0.3) is 0 Å². The molecular formula is C22H30N4O4. The maximum absolute atomic E-state index is 13.3. The summed E-state index contributed by atoms with van der Waals surface area (Å²) in [6.45, 7) is 4.12. The Morgan fingerprint density at radius 2 is 1.97 bits per heavy atom. The number of likely N-dealkylation sites (N-methyl/N-ethyl adjacent to an activating group) is 1. The molecular weight excluding hydrogens is 384 g/mol. The van der Waals surface area contributed by atoms with E-state index in [0.717, 1.165) is 36.9 Å². The van der Waals surface area contributed by atoms with E-state index >= 15 is 0 Å². The van der Waals surface area contributed by atoms with Crippen LogP contribution in [0.1, 0.15) is 43.7 Å². The van der Waals surface area contributed by atoms with E-state index in [1.807, 2.05) is 13.0 Å². The Labute approximate surface area is 176 Å². The number of carbonyl (C=O) groups excluding carboxylic acids is 3.